The number of aryl methyl sites for hydroxylation is 1. The first-order valence-corrected chi connectivity index (χ1v) is 8.26. The van der Waals surface area contributed by atoms with Crippen molar-refractivity contribution >= 4 is 34.0 Å². The Labute approximate surface area is 133 Å². The fraction of sp³-hybridized carbons (Fsp3) is 0.500. The lowest BCUT2D eigenvalue weighted by Crippen LogP contribution is -2.44. The standard InChI is InChI=1S/C14H18ClN5S/c1-10-9-21-14(18-10)20-5-3-12(4-6-20)19(2)13-16-7-11(15)8-17-13/h7-9,12H,3-6H2,1-2H3. The minimum absolute atomic E-state index is 0.462. The van der Waals surface area contributed by atoms with Gasteiger partial charge in [-0.05, 0) is 19.8 Å². The summed E-state index contributed by atoms with van der Waals surface area (Å²) in [6.45, 7) is 4.09. The van der Waals surface area contributed by atoms with Crippen molar-refractivity contribution in [3.8, 4) is 0 Å². The van der Waals surface area contributed by atoms with Crippen LogP contribution in [0.3, 0.4) is 0 Å². The van der Waals surface area contributed by atoms with Crippen LogP contribution in [-0.4, -0.2) is 41.1 Å². The van der Waals surface area contributed by atoms with Crippen LogP contribution in [0.15, 0.2) is 17.8 Å². The Bertz CT molecular complexity index is 592. The van der Waals surface area contributed by atoms with E-state index in [9.17, 15) is 0 Å². The molecule has 5 nitrogen and oxygen atoms in total. The fourth-order valence-corrected chi connectivity index (χ4v) is 3.54. The Morgan fingerprint density at radius 3 is 2.52 bits per heavy atom. The maximum absolute atomic E-state index is 5.84. The average Bonchev–Trinajstić information content (AvgIpc) is 2.94. The summed E-state index contributed by atoms with van der Waals surface area (Å²) in [7, 11) is 2.05. The Hall–Kier alpha value is -1.40. The molecule has 0 unspecified atom stereocenters. The van der Waals surface area contributed by atoms with Crippen LogP contribution in [0.2, 0.25) is 5.02 Å². The van der Waals surface area contributed by atoms with Gasteiger partial charge in [0.2, 0.25) is 5.95 Å². The highest BCUT2D eigenvalue weighted by molar-refractivity contribution is 7.13. The molecule has 0 aromatic carbocycles. The van der Waals surface area contributed by atoms with Gasteiger partial charge in [0.25, 0.3) is 0 Å². The average molecular weight is 324 g/mol. The zero-order chi connectivity index (χ0) is 14.8. The summed E-state index contributed by atoms with van der Waals surface area (Å²) >= 11 is 7.56. The van der Waals surface area contributed by atoms with Crippen molar-refractivity contribution < 1.29 is 0 Å². The number of anilines is 2. The Kier molecular flexibility index (Phi) is 4.26. The normalized spacial score (nSPS) is 16.2. The molecule has 0 atom stereocenters. The molecule has 1 fully saturated rings. The van der Waals surface area contributed by atoms with Gasteiger partial charge in [0, 0.05) is 31.6 Å². The Morgan fingerprint density at radius 2 is 1.95 bits per heavy atom. The van der Waals surface area contributed by atoms with Gasteiger partial charge in [0.15, 0.2) is 5.13 Å². The van der Waals surface area contributed by atoms with Crippen molar-refractivity contribution in [3.63, 3.8) is 0 Å². The molecule has 112 valence electrons. The van der Waals surface area contributed by atoms with Gasteiger partial charge in [0.05, 0.1) is 23.1 Å². The highest BCUT2D eigenvalue weighted by atomic mass is 35.5. The number of hydrogen-bond donors (Lipinski definition) is 0. The summed E-state index contributed by atoms with van der Waals surface area (Å²) in [5, 5.41) is 3.81. The second kappa shape index (κ2) is 6.15. The molecule has 1 aliphatic heterocycles. The molecule has 1 saturated heterocycles. The monoisotopic (exact) mass is 323 g/mol. The summed E-state index contributed by atoms with van der Waals surface area (Å²) < 4.78 is 0. The summed E-state index contributed by atoms with van der Waals surface area (Å²) in [6, 6.07) is 0.462. The maximum Gasteiger partial charge on any atom is 0.225 e. The molecule has 2 aromatic heterocycles. The molecule has 1 aliphatic rings. The number of nitrogens with zero attached hydrogens (tertiary/aromatic N) is 5. The quantitative estimate of drug-likeness (QED) is 0.869. The number of thiazole rings is 1. The number of piperidine rings is 1. The predicted molar refractivity (Wildman–Crippen MR) is 87.5 cm³/mol. The first-order chi connectivity index (χ1) is 10.1. The minimum atomic E-state index is 0.462. The molecule has 2 aromatic rings. The molecule has 0 radical (unpaired) electrons. The largest absolute Gasteiger partial charge is 0.348 e. The lowest BCUT2D eigenvalue weighted by Gasteiger charge is -2.36. The molecular weight excluding hydrogens is 306 g/mol. The van der Waals surface area contributed by atoms with Crippen LogP contribution in [0.25, 0.3) is 0 Å². The van der Waals surface area contributed by atoms with Crippen molar-refractivity contribution in [2.45, 2.75) is 25.8 Å². The first-order valence-electron chi connectivity index (χ1n) is 7.01. The maximum atomic E-state index is 5.84. The van der Waals surface area contributed by atoms with E-state index in [4.69, 9.17) is 11.6 Å². The highest BCUT2D eigenvalue weighted by Crippen LogP contribution is 2.26. The van der Waals surface area contributed by atoms with Crippen LogP contribution in [-0.2, 0) is 0 Å². The third-order valence-electron chi connectivity index (χ3n) is 3.81. The number of aromatic nitrogens is 3. The second-order valence-corrected chi connectivity index (χ2v) is 6.57. The molecule has 21 heavy (non-hydrogen) atoms. The number of hydrogen-bond acceptors (Lipinski definition) is 6. The predicted octanol–water partition coefficient (Wildman–Crippen LogP) is 3.00. The van der Waals surface area contributed by atoms with Crippen LogP contribution < -0.4 is 9.80 Å². The second-order valence-electron chi connectivity index (χ2n) is 5.30. The molecule has 3 rings (SSSR count). The van der Waals surface area contributed by atoms with Gasteiger partial charge < -0.3 is 9.80 Å². The number of halogens is 1. The van der Waals surface area contributed by atoms with Crippen LogP contribution in [0.5, 0.6) is 0 Å². The molecule has 0 saturated carbocycles. The van der Waals surface area contributed by atoms with E-state index in [1.807, 2.05) is 6.92 Å². The van der Waals surface area contributed by atoms with Gasteiger partial charge in [-0.3, -0.25) is 0 Å². The van der Waals surface area contributed by atoms with E-state index < -0.39 is 0 Å². The molecule has 7 heteroatoms. The lowest BCUT2D eigenvalue weighted by atomic mass is 10.0. The van der Waals surface area contributed by atoms with E-state index in [0.29, 0.717) is 11.1 Å². The van der Waals surface area contributed by atoms with Crippen molar-refractivity contribution in [2.24, 2.45) is 0 Å². The summed E-state index contributed by atoms with van der Waals surface area (Å²) in [5.41, 5.74) is 1.10. The molecule has 0 spiro atoms. The summed E-state index contributed by atoms with van der Waals surface area (Å²) in [5.74, 6) is 0.739. The summed E-state index contributed by atoms with van der Waals surface area (Å²) in [4.78, 5) is 17.7. The van der Waals surface area contributed by atoms with Crippen LogP contribution >= 0.6 is 22.9 Å². The molecule has 0 N–H and O–H groups in total. The van der Waals surface area contributed by atoms with Gasteiger partial charge in [-0.2, -0.15) is 0 Å². The van der Waals surface area contributed by atoms with Gasteiger partial charge in [-0.1, -0.05) is 11.6 Å². The topological polar surface area (TPSA) is 45.2 Å². The SMILES string of the molecule is Cc1csc(N2CCC(N(C)c3ncc(Cl)cn3)CC2)n1. The zero-order valence-corrected chi connectivity index (χ0v) is 13.7. The highest BCUT2D eigenvalue weighted by Gasteiger charge is 2.25. The van der Waals surface area contributed by atoms with Crippen molar-refractivity contribution in [1.82, 2.24) is 15.0 Å². The molecule has 0 amide bonds. The van der Waals surface area contributed by atoms with Crippen molar-refractivity contribution in [1.29, 1.82) is 0 Å². The van der Waals surface area contributed by atoms with E-state index in [1.165, 1.54) is 0 Å². The van der Waals surface area contributed by atoms with Crippen LogP contribution in [0.1, 0.15) is 18.5 Å². The van der Waals surface area contributed by atoms with E-state index in [1.54, 1.807) is 23.7 Å². The van der Waals surface area contributed by atoms with Crippen LogP contribution in [0.4, 0.5) is 11.1 Å². The molecular formula is C14H18ClN5S. The van der Waals surface area contributed by atoms with E-state index in [0.717, 1.165) is 42.7 Å². The van der Waals surface area contributed by atoms with Gasteiger partial charge in [-0.15, -0.1) is 11.3 Å². The lowest BCUT2D eigenvalue weighted by molar-refractivity contribution is 0.477. The third-order valence-corrected chi connectivity index (χ3v) is 5.03. The smallest absolute Gasteiger partial charge is 0.225 e. The third kappa shape index (κ3) is 3.27. The van der Waals surface area contributed by atoms with Gasteiger partial charge in [0.1, 0.15) is 0 Å². The van der Waals surface area contributed by atoms with Gasteiger partial charge in [-0.25, -0.2) is 15.0 Å². The van der Waals surface area contributed by atoms with Crippen molar-refractivity contribution in [3.05, 3.63) is 28.5 Å². The molecule has 0 aliphatic carbocycles. The summed E-state index contributed by atoms with van der Waals surface area (Å²) in [6.07, 6.45) is 5.46. The number of rotatable bonds is 3. The van der Waals surface area contributed by atoms with E-state index >= 15 is 0 Å². The van der Waals surface area contributed by atoms with E-state index in [2.05, 4.69) is 37.2 Å². The molecule has 3 heterocycles. The van der Waals surface area contributed by atoms with E-state index in [-0.39, 0.29) is 0 Å². The Morgan fingerprint density at radius 1 is 1.29 bits per heavy atom. The molecule has 0 bridgehead atoms. The van der Waals surface area contributed by atoms with Crippen molar-refractivity contribution in [2.75, 3.05) is 29.9 Å². The zero-order valence-electron chi connectivity index (χ0n) is 12.2. The first kappa shape index (κ1) is 14.5. The van der Waals surface area contributed by atoms with Crippen LogP contribution in [0, 0.1) is 6.92 Å². The fourth-order valence-electron chi connectivity index (χ4n) is 2.58. The van der Waals surface area contributed by atoms with Gasteiger partial charge >= 0.3 is 0 Å². The Balaban J connectivity index is 1.61. The minimum Gasteiger partial charge on any atom is -0.348 e.